The maximum Gasteiger partial charge on any atom is 0.258 e. The first-order valence-electron chi connectivity index (χ1n) is 7.27. The number of nitrogen functional groups attached to an aromatic ring is 1. The second kappa shape index (κ2) is 7.18. The van der Waals surface area contributed by atoms with Gasteiger partial charge in [-0.25, -0.2) is 14.6 Å². The lowest BCUT2D eigenvalue weighted by molar-refractivity contribution is -0.106. The average Bonchev–Trinajstić information content (AvgIpc) is 3.18. The predicted octanol–water partition coefficient (Wildman–Crippen LogP) is 0.726. The first kappa shape index (κ1) is 16.1. The Kier molecular flexibility index (Phi) is 5.02. The zero-order valence-electron chi connectivity index (χ0n) is 12.3. The summed E-state index contributed by atoms with van der Waals surface area (Å²) in [6, 6.07) is 3.78. The van der Waals surface area contributed by atoms with Crippen molar-refractivity contribution in [3.63, 3.8) is 0 Å². The quantitative estimate of drug-likeness (QED) is 0.559. The zero-order chi connectivity index (χ0) is 16.2. The molecule has 3 N–H and O–H groups in total. The van der Waals surface area contributed by atoms with Crippen molar-refractivity contribution in [2.75, 3.05) is 18.9 Å². The van der Waals surface area contributed by atoms with Gasteiger partial charge in [0.15, 0.2) is 5.82 Å². The van der Waals surface area contributed by atoms with E-state index in [0.717, 1.165) is 24.1 Å². The van der Waals surface area contributed by atoms with Gasteiger partial charge < -0.3 is 19.8 Å². The fourth-order valence-electron chi connectivity index (χ4n) is 2.61. The van der Waals surface area contributed by atoms with Gasteiger partial charge in [0.1, 0.15) is 24.2 Å². The summed E-state index contributed by atoms with van der Waals surface area (Å²) in [4.78, 5) is 14.1. The van der Waals surface area contributed by atoms with Crippen LogP contribution in [-0.2, 0) is 18.6 Å². The van der Waals surface area contributed by atoms with Crippen LogP contribution in [0.5, 0.6) is 0 Å². The van der Waals surface area contributed by atoms with Crippen molar-refractivity contribution in [3.8, 4) is 0 Å². The van der Waals surface area contributed by atoms with Gasteiger partial charge in [0.2, 0.25) is 0 Å². The molecule has 0 aliphatic carbocycles. The lowest BCUT2D eigenvalue weighted by atomic mass is 10.1. The molecule has 1 saturated heterocycles. The summed E-state index contributed by atoms with van der Waals surface area (Å²) in [6.45, 7) is 0.240. The van der Waals surface area contributed by atoms with Crippen LogP contribution in [0.25, 0.3) is 5.52 Å². The largest absolute Gasteiger partial charge is 0.382 e. The van der Waals surface area contributed by atoms with E-state index in [4.69, 9.17) is 15.0 Å². The molecule has 2 aromatic rings. The topological polar surface area (TPSA) is 121 Å². The van der Waals surface area contributed by atoms with E-state index in [1.807, 2.05) is 12.1 Å². The molecule has 0 bridgehead atoms. The van der Waals surface area contributed by atoms with Gasteiger partial charge in [0, 0.05) is 0 Å². The van der Waals surface area contributed by atoms with E-state index in [-0.39, 0.29) is 25.4 Å². The van der Waals surface area contributed by atoms with Gasteiger partial charge in [0.05, 0.1) is 24.9 Å². The predicted molar refractivity (Wildman–Crippen MR) is 83.3 cm³/mol. The van der Waals surface area contributed by atoms with E-state index in [1.54, 1.807) is 4.52 Å². The first-order valence-corrected chi connectivity index (χ1v) is 8.58. The standard InChI is InChI=1S/C13H18N5O4P/c14-13-11-3-2-10(18(11)16-8-15-13)12-4-1-9(22-12)7-21-23(20)17-5-6-19/h2-3,6,8-9,12,23H,1,4-5,7H2,(H,17,20)(H2,14,15,16)/t9-,12?/m0/s1. The minimum atomic E-state index is -2.40. The normalized spacial score (nSPS) is 22.4. The van der Waals surface area contributed by atoms with Crippen LogP contribution in [0, 0.1) is 0 Å². The molecule has 23 heavy (non-hydrogen) atoms. The number of aromatic nitrogens is 3. The Morgan fingerprint density at radius 2 is 2.39 bits per heavy atom. The summed E-state index contributed by atoms with van der Waals surface area (Å²) >= 11 is 0. The molecule has 10 heteroatoms. The van der Waals surface area contributed by atoms with Gasteiger partial charge in [-0.15, -0.1) is 0 Å². The third-order valence-corrected chi connectivity index (χ3v) is 4.60. The van der Waals surface area contributed by atoms with Crippen LogP contribution in [0.4, 0.5) is 5.82 Å². The van der Waals surface area contributed by atoms with Crippen molar-refractivity contribution in [1.82, 2.24) is 19.7 Å². The van der Waals surface area contributed by atoms with Crippen LogP contribution in [0.2, 0.25) is 0 Å². The van der Waals surface area contributed by atoms with Crippen molar-refractivity contribution < 1.29 is 18.6 Å². The number of nitrogens with two attached hydrogens (primary N) is 1. The highest BCUT2D eigenvalue weighted by Crippen LogP contribution is 2.34. The summed E-state index contributed by atoms with van der Waals surface area (Å²) in [7, 11) is -2.40. The zero-order valence-corrected chi connectivity index (χ0v) is 13.3. The number of nitrogens with one attached hydrogen (secondary N) is 1. The molecule has 0 amide bonds. The fraction of sp³-hybridized carbons (Fsp3) is 0.462. The number of ether oxygens (including phenoxy) is 1. The number of carbonyl (C=O) groups excluding carboxylic acids is 1. The van der Waals surface area contributed by atoms with E-state index < -0.39 is 8.18 Å². The van der Waals surface area contributed by atoms with Gasteiger partial charge in [0.25, 0.3) is 8.18 Å². The first-order chi connectivity index (χ1) is 11.2. The second-order valence-corrected chi connectivity index (χ2v) is 6.39. The number of rotatable bonds is 7. The van der Waals surface area contributed by atoms with Crippen LogP contribution in [0.1, 0.15) is 24.6 Å². The summed E-state index contributed by atoms with van der Waals surface area (Å²) in [5.41, 5.74) is 7.47. The number of aldehydes is 1. The van der Waals surface area contributed by atoms with Gasteiger partial charge in [-0.2, -0.15) is 5.10 Å². The minimum absolute atomic E-state index is 0.0171. The molecule has 1 aliphatic heterocycles. The molecule has 0 saturated carbocycles. The Bertz CT molecular complexity index is 721. The molecule has 3 rings (SSSR count). The molecule has 1 fully saturated rings. The molecule has 2 aromatic heterocycles. The number of nitrogens with zero attached hydrogens (tertiary/aromatic N) is 3. The molecule has 124 valence electrons. The Labute approximate surface area is 133 Å². The smallest absolute Gasteiger partial charge is 0.258 e. The Morgan fingerprint density at radius 3 is 3.22 bits per heavy atom. The summed E-state index contributed by atoms with van der Waals surface area (Å²) in [5, 5.41) is 6.70. The summed E-state index contributed by atoms with van der Waals surface area (Å²) in [5.74, 6) is 0.420. The lowest BCUT2D eigenvalue weighted by Crippen LogP contribution is -2.16. The number of fused-ring (bicyclic) bond motifs is 1. The summed E-state index contributed by atoms with van der Waals surface area (Å²) in [6.07, 6.45) is 3.39. The molecule has 3 heterocycles. The molecular formula is C13H18N5O4P. The van der Waals surface area contributed by atoms with Crippen LogP contribution in [-0.4, -0.2) is 40.1 Å². The third kappa shape index (κ3) is 3.59. The number of anilines is 1. The number of carbonyl (C=O) groups is 1. The number of hydrogen-bond acceptors (Lipinski definition) is 7. The Balaban J connectivity index is 1.60. The molecule has 0 radical (unpaired) electrons. The van der Waals surface area contributed by atoms with Crippen molar-refractivity contribution in [2.24, 2.45) is 0 Å². The maximum atomic E-state index is 11.5. The van der Waals surface area contributed by atoms with Gasteiger partial charge in [-0.05, 0) is 25.0 Å². The number of hydrogen-bond donors (Lipinski definition) is 2. The lowest BCUT2D eigenvalue weighted by Gasteiger charge is -2.14. The van der Waals surface area contributed by atoms with E-state index in [2.05, 4.69) is 15.2 Å². The van der Waals surface area contributed by atoms with Crippen molar-refractivity contribution in [3.05, 3.63) is 24.2 Å². The Hall–Kier alpha value is -1.80. The van der Waals surface area contributed by atoms with Crippen LogP contribution < -0.4 is 10.8 Å². The van der Waals surface area contributed by atoms with Crippen molar-refractivity contribution >= 4 is 25.8 Å². The molecule has 2 unspecified atom stereocenters. The highest BCUT2D eigenvalue weighted by Gasteiger charge is 2.29. The van der Waals surface area contributed by atoms with Gasteiger partial charge in [-0.1, -0.05) is 0 Å². The average molecular weight is 339 g/mol. The van der Waals surface area contributed by atoms with E-state index in [1.165, 1.54) is 6.33 Å². The van der Waals surface area contributed by atoms with Crippen LogP contribution in [0.3, 0.4) is 0 Å². The van der Waals surface area contributed by atoms with Gasteiger partial charge >= 0.3 is 0 Å². The SMILES string of the molecule is Nc1ncnn2c(C3CC[C@@H](CO[PH](=O)NCC=O)O3)ccc12. The molecule has 3 atom stereocenters. The molecule has 0 spiro atoms. The van der Waals surface area contributed by atoms with Crippen molar-refractivity contribution in [1.29, 1.82) is 0 Å². The molecular weight excluding hydrogens is 321 g/mol. The third-order valence-electron chi connectivity index (χ3n) is 3.68. The summed E-state index contributed by atoms with van der Waals surface area (Å²) < 4.78 is 24.4. The molecule has 1 aliphatic rings. The van der Waals surface area contributed by atoms with Crippen molar-refractivity contribution in [2.45, 2.75) is 25.0 Å². The maximum absolute atomic E-state index is 11.5. The highest BCUT2D eigenvalue weighted by atomic mass is 31.1. The molecule has 0 aromatic carbocycles. The van der Waals surface area contributed by atoms with E-state index >= 15 is 0 Å². The monoisotopic (exact) mass is 339 g/mol. The van der Waals surface area contributed by atoms with Gasteiger partial charge in [-0.3, -0.25) is 4.57 Å². The Morgan fingerprint density at radius 1 is 1.52 bits per heavy atom. The minimum Gasteiger partial charge on any atom is -0.382 e. The van der Waals surface area contributed by atoms with E-state index in [0.29, 0.717) is 12.1 Å². The second-order valence-electron chi connectivity index (χ2n) is 5.17. The van der Waals surface area contributed by atoms with Crippen LogP contribution >= 0.6 is 8.18 Å². The van der Waals surface area contributed by atoms with Crippen LogP contribution in [0.15, 0.2) is 18.5 Å². The highest BCUT2D eigenvalue weighted by molar-refractivity contribution is 7.36. The van der Waals surface area contributed by atoms with E-state index in [9.17, 15) is 9.36 Å². The molecule has 9 nitrogen and oxygen atoms in total. The fourth-order valence-corrected chi connectivity index (χ4v) is 3.30.